The molecule has 0 aliphatic heterocycles. The highest BCUT2D eigenvalue weighted by atomic mass is 16.3. The summed E-state index contributed by atoms with van der Waals surface area (Å²) in [5.41, 5.74) is 2.25. The van der Waals surface area contributed by atoms with E-state index < -0.39 is 0 Å². The normalized spacial score (nSPS) is 16.8. The molecule has 1 amide bonds. The Labute approximate surface area is 133 Å². The van der Waals surface area contributed by atoms with E-state index in [0.29, 0.717) is 5.69 Å². The van der Waals surface area contributed by atoms with Gasteiger partial charge in [0.25, 0.3) is 5.91 Å². The van der Waals surface area contributed by atoms with E-state index in [4.69, 9.17) is 4.42 Å². The van der Waals surface area contributed by atoms with Crippen LogP contribution in [0.1, 0.15) is 40.7 Å². The molecule has 0 bridgehead atoms. The minimum absolute atomic E-state index is 0.0214. The summed E-state index contributed by atoms with van der Waals surface area (Å²) in [7, 11) is 0. The molecule has 1 aliphatic rings. The molecule has 0 radical (unpaired) electrons. The van der Waals surface area contributed by atoms with Crippen LogP contribution in [-0.4, -0.2) is 20.9 Å². The molecule has 2 aromatic heterocycles. The zero-order valence-electron chi connectivity index (χ0n) is 12.5. The molecule has 6 nitrogen and oxygen atoms in total. The molecule has 0 saturated carbocycles. The van der Waals surface area contributed by atoms with Crippen LogP contribution in [0.5, 0.6) is 0 Å². The van der Waals surface area contributed by atoms with E-state index in [9.17, 15) is 4.79 Å². The van der Waals surface area contributed by atoms with Crippen LogP contribution in [0.3, 0.4) is 0 Å². The number of nitrogens with one attached hydrogen (secondary N) is 1. The van der Waals surface area contributed by atoms with Gasteiger partial charge in [-0.05, 0) is 31.0 Å². The summed E-state index contributed by atoms with van der Waals surface area (Å²) in [5, 5.41) is 11.0. The highest BCUT2D eigenvalue weighted by Gasteiger charge is 2.25. The molecule has 6 heteroatoms. The first kappa shape index (κ1) is 13.8. The van der Waals surface area contributed by atoms with E-state index in [1.165, 1.54) is 0 Å². The number of para-hydroxylation sites is 1. The van der Waals surface area contributed by atoms with Gasteiger partial charge < -0.3 is 9.73 Å². The van der Waals surface area contributed by atoms with E-state index in [2.05, 4.69) is 15.6 Å². The average Bonchev–Trinajstić information content (AvgIpc) is 3.25. The number of fused-ring (bicyclic) bond motifs is 1. The van der Waals surface area contributed by atoms with Gasteiger partial charge in [-0.3, -0.25) is 4.79 Å². The molecular formula is C17H16N4O2. The SMILES string of the molecule is O=C(N[C@H]1CCCc2occc21)c1cn(-c2ccccc2)nn1. The fraction of sp³-hybridized carbons (Fsp3) is 0.235. The lowest BCUT2D eigenvalue weighted by molar-refractivity contribution is 0.0927. The number of carbonyl (C=O) groups excluding carboxylic acids is 1. The molecule has 1 N–H and O–H groups in total. The second kappa shape index (κ2) is 5.72. The number of hydrogen-bond donors (Lipinski definition) is 1. The van der Waals surface area contributed by atoms with Gasteiger partial charge in [0.05, 0.1) is 24.2 Å². The third kappa shape index (κ3) is 2.63. The molecule has 2 heterocycles. The van der Waals surface area contributed by atoms with Crippen molar-refractivity contribution in [2.24, 2.45) is 0 Å². The summed E-state index contributed by atoms with van der Waals surface area (Å²) >= 11 is 0. The molecule has 0 saturated heterocycles. The third-order valence-corrected chi connectivity index (χ3v) is 4.10. The van der Waals surface area contributed by atoms with Crippen LogP contribution in [0.4, 0.5) is 0 Å². The van der Waals surface area contributed by atoms with Crippen molar-refractivity contribution >= 4 is 5.91 Å². The number of aryl methyl sites for hydroxylation is 1. The minimum atomic E-state index is -0.216. The van der Waals surface area contributed by atoms with Crippen molar-refractivity contribution in [2.45, 2.75) is 25.3 Å². The van der Waals surface area contributed by atoms with E-state index >= 15 is 0 Å². The molecule has 1 aromatic carbocycles. The van der Waals surface area contributed by atoms with Crippen LogP contribution < -0.4 is 5.32 Å². The first-order valence-corrected chi connectivity index (χ1v) is 7.66. The van der Waals surface area contributed by atoms with Gasteiger partial charge in [-0.25, -0.2) is 4.68 Å². The van der Waals surface area contributed by atoms with Crippen LogP contribution in [0, 0.1) is 0 Å². The van der Waals surface area contributed by atoms with E-state index in [-0.39, 0.29) is 11.9 Å². The van der Waals surface area contributed by atoms with E-state index in [0.717, 1.165) is 36.3 Å². The number of nitrogens with zero attached hydrogens (tertiary/aromatic N) is 3. The quantitative estimate of drug-likeness (QED) is 0.807. The molecule has 1 aliphatic carbocycles. The van der Waals surface area contributed by atoms with Crippen molar-refractivity contribution in [3.8, 4) is 5.69 Å². The lowest BCUT2D eigenvalue weighted by Gasteiger charge is -2.22. The van der Waals surface area contributed by atoms with Crippen LogP contribution in [0.2, 0.25) is 0 Å². The molecule has 116 valence electrons. The van der Waals surface area contributed by atoms with Crippen molar-refractivity contribution in [1.82, 2.24) is 20.3 Å². The lowest BCUT2D eigenvalue weighted by atomic mass is 9.93. The predicted molar refractivity (Wildman–Crippen MR) is 83.2 cm³/mol. The molecule has 0 unspecified atom stereocenters. The number of hydrogen-bond acceptors (Lipinski definition) is 4. The summed E-state index contributed by atoms with van der Waals surface area (Å²) in [6, 6.07) is 11.5. The first-order chi connectivity index (χ1) is 11.3. The van der Waals surface area contributed by atoms with Crippen molar-refractivity contribution in [3.63, 3.8) is 0 Å². The van der Waals surface area contributed by atoms with Gasteiger partial charge in [0, 0.05) is 12.0 Å². The summed E-state index contributed by atoms with van der Waals surface area (Å²) in [4.78, 5) is 12.4. The molecule has 23 heavy (non-hydrogen) atoms. The van der Waals surface area contributed by atoms with Crippen molar-refractivity contribution in [2.75, 3.05) is 0 Å². The van der Waals surface area contributed by atoms with Gasteiger partial charge in [-0.2, -0.15) is 0 Å². The second-order valence-electron chi connectivity index (χ2n) is 5.60. The number of rotatable bonds is 3. The molecule has 3 aromatic rings. The maximum atomic E-state index is 12.4. The number of benzene rings is 1. The second-order valence-corrected chi connectivity index (χ2v) is 5.60. The predicted octanol–water partition coefficient (Wildman–Crippen LogP) is 2.67. The Balaban J connectivity index is 1.52. The topological polar surface area (TPSA) is 73.0 Å². The van der Waals surface area contributed by atoms with Crippen LogP contribution in [0.25, 0.3) is 5.69 Å². The maximum Gasteiger partial charge on any atom is 0.273 e. The zero-order chi connectivity index (χ0) is 15.6. The Hall–Kier alpha value is -2.89. The summed E-state index contributed by atoms with van der Waals surface area (Å²) in [6.07, 6.45) is 6.16. The average molecular weight is 308 g/mol. The fourth-order valence-corrected chi connectivity index (χ4v) is 2.94. The minimum Gasteiger partial charge on any atom is -0.469 e. The standard InChI is InChI=1S/C17H16N4O2/c22-17(18-14-7-4-8-16-13(14)9-10-23-16)15-11-21(20-19-15)12-5-2-1-3-6-12/h1-3,5-6,9-11,14H,4,7-8H2,(H,18,22)/t14-/m0/s1. The monoisotopic (exact) mass is 308 g/mol. The Bertz CT molecular complexity index is 822. The summed E-state index contributed by atoms with van der Waals surface area (Å²) in [6.45, 7) is 0. The maximum absolute atomic E-state index is 12.4. The van der Waals surface area contributed by atoms with Crippen molar-refractivity contribution < 1.29 is 9.21 Å². The first-order valence-electron chi connectivity index (χ1n) is 7.66. The smallest absolute Gasteiger partial charge is 0.273 e. The molecule has 1 atom stereocenters. The van der Waals surface area contributed by atoms with Crippen LogP contribution in [-0.2, 0) is 6.42 Å². The number of aromatic nitrogens is 3. The molecule has 4 rings (SSSR count). The molecule has 0 fully saturated rings. The van der Waals surface area contributed by atoms with Gasteiger partial charge in [-0.15, -0.1) is 5.10 Å². The number of carbonyl (C=O) groups is 1. The van der Waals surface area contributed by atoms with E-state index in [1.807, 2.05) is 36.4 Å². The fourth-order valence-electron chi connectivity index (χ4n) is 2.94. The molecular weight excluding hydrogens is 292 g/mol. The van der Waals surface area contributed by atoms with Gasteiger partial charge in [-0.1, -0.05) is 23.4 Å². The van der Waals surface area contributed by atoms with Gasteiger partial charge in [0.15, 0.2) is 5.69 Å². The lowest BCUT2D eigenvalue weighted by Crippen LogP contribution is -2.30. The van der Waals surface area contributed by atoms with Crippen LogP contribution >= 0.6 is 0 Å². The highest BCUT2D eigenvalue weighted by Crippen LogP contribution is 2.30. The van der Waals surface area contributed by atoms with Gasteiger partial charge in [0.1, 0.15) is 5.76 Å². The Morgan fingerprint density at radius 2 is 2.13 bits per heavy atom. The summed E-state index contributed by atoms with van der Waals surface area (Å²) in [5.74, 6) is 0.751. The zero-order valence-corrected chi connectivity index (χ0v) is 12.5. The largest absolute Gasteiger partial charge is 0.469 e. The number of amides is 1. The number of furan rings is 1. The van der Waals surface area contributed by atoms with E-state index in [1.54, 1.807) is 17.1 Å². The van der Waals surface area contributed by atoms with Crippen molar-refractivity contribution in [1.29, 1.82) is 0 Å². The van der Waals surface area contributed by atoms with Gasteiger partial charge in [0.2, 0.25) is 0 Å². The Morgan fingerprint density at radius 3 is 3.00 bits per heavy atom. The highest BCUT2D eigenvalue weighted by molar-refractivity contribution is 5.92. The Morgan fingerprint density at radius 1 is 1.26 bits per heavy atom. The third-order valence-electron chi connectivity index (χ3n) is 4.10. The summed E-state index contributed by atoms with van der Waals surface area (Å²) < 4.78 is 7.05. The van der Waals surface area contributed by atoms with Crippen molar-refractivity contribution in [3.05, 3.63) is 65.9 Å². The van der Waals surface area contributed by atoms with Gasteiger partial charge >= 0.3 is 0 Å². The molecule has 0 spiro atoms. The van der Waals surface area contributed by atoms with Crippen LogP contribution in [0.15, 0.2) is 53.3 Å². The Kier molecular flexibility index (Phi) is 3.42.